The quantitative estimate of drug-likeness (QED) is 0.657. The molecule has 0 spiro atoms. The number of carbonyl (C=O) groups excluding carboxylic acids is 1. The summed E-state index contributed by atoms with van der Waals surface area (Å²) in [6.07, 6.45) is 2.06. The van der Waals surface area contributed by atoms with E-state index in [4.69, 9.17) is 11.6 Å². The normalized spacial score (nSPS) is 12.5. The zero-order chi connectivity index (χ0) is 14.4. The van der Waals surface area contributed by atoms with Gasteiger partial charge in [-0.25, -0.2) is 0 Å². The fraction of sp³-hybridized carbons (Fsp3) is 0.500. The maximum Gasteiger partial charge on any atom is 0.251 e. The average molecular weight is 412 g/mol. The molecule has 0 aliphatic carbocycles. The van der Waals surface area contributed by atoms with Gasteiger partial charge in [0.25, 0.3) is 5.91 Å². The van der Waals surface area contributed by atoms with Crippen LogP contribution in [0.25, 0.3) is 0 Å². The van der Waals surface area contributed by atoms with Gasteiger partial charge in [0.15, 0.2) is 0 Å². The van der Waals surface area contributed by atoms with Crippen molar-refractivity contribution in [2.75, 3.05) is 6.54 Å². The first-order valence-electron chi connectivity index (χ1n) is 6.36. The minimum absolute atomic E-state index is 0.0189. The van der Waals surface area contributed by atoms with Crippen LogP contribution in [0.5, 0.6) is 0 Å². The number of amides is 1. The van der Waals surface area contributed by atoms with E-state index < -0.39 is 0 Å². The summed E-state index contributed by atoms with van der Waals surface area (Å²) in [7, 11) is 0. The monoisotopic (exact) mass is 409 g/mol. The largest absolute Gasteiger partial charge is 0.351 e. The molecule has 1 unspecified atom stereocenters. The summed E-state index contributed by atoms with van der Waals surface area (Å²) < 4.78 is 1.74. The highest BCUT2D eigenvalue weighted by Gasteiger charge is 2.17. The third kappa shape index (κ3) is 5.44. The first-order valence-corrected chi connectivity index (χ1v) is 8.38. The topological polar surface area (TPSA) is 29.1 Å². The van der Waals surface area contributed by atoms with Crippen molar-refractivity contribution < 1.29 is 4.79 Å². The molecular formula is C14H18Br2ClNO. The molecule has 1 atom stereocenters. The highest BCUT2D eigenvalue weighted by atomic mass is 79.9. The van der Waals surface area contributed by atoms with Crippen LogP contribution in [0, 0.1) is 5.92 Å². The molecule has 1 rings (SSSR count). The Hall–Kier alpha value is -0.0600. The van der Waals surface area contributed by atoms with E-state index in [0.29, 0.717) is 18.0 Å². The molecule has 0 aromatic heterocycles. The summed E-state index contributed by atoms with van der Waals surface area (Å²) in [5.41, 5.74) is 0.620. The van der Waals surface area contributed by atoms with Gasteiger partial charge in [-0.3, -0.25) is 4.79 Å². The van der Waals surface area contributed by atoms with E-state index in [1.165, 1.54) is 0 Å². The SMILES string of the molecule is CCC(CC)C(Cl)CNC(=O)c1cc(Br)cc(Br)c1. The van der Waals surface area contributed by atoms with Crippen LogP contribution in [-0.2, 0) is 0 Å². The van der Waals surface area contributed by atoms with Crippen molar-refractivity contribution in [2.45, 2.75) is 32.1 Å². The molecule has 0 heterocycles. The van der Waals surface area contributed by atoms with Gasteiger partial charge in [-0.15, -0.1) is 11.6 Å². The summed E-state index contributed by atoms with van der Waals surface area (Å²) in [6, 6.07) is 5.48. The van der Waals surface area contributed by atoms with E-state index >= 15 is 0 Å². The van der Waals surface area contributed by atoms with Crippen LogP contribution in [-0.4, -0.2) is 17.8 Å². The van der Waals surface area contributed by atoms with Crippen LogP contribution in [0.4, 0.5) is 0 Å². The fourth-order valence-corrected chi connectivity index (χ4v) is 3.67. The van der Waals surface area contributed by atoms with Gasteiger partial charge in [0.05, 0.1) is 5.38 Å². The number of hydrogen-bond acceptors (Lipinski definition) is 1. The fourth-order valence-electron chi connectivity index (χ4n) is 1.94. The maximum atomic E-state index is 12.0. The average Bonchev–Trinajstić information content (AvgIpc) is 2.36. The molecule has 0 saturated carbocycles. The van der Waals surface area contributed by atoms with E-state index in [0.717, 1.165) is 21.8 Å². The van der Waals surface area contributed by atoms with Crippen LogP contribution in [0.2, 0.25) is 0 Å². The summed E-state index contributed by atoms with van der Waals surface area (Å²) in [4.78, 5) is 12.0. The van der Waals surface area contributed by atoms with E-state index in [1.807, 2.05) is 6.07 Å². The lowest BCUT2D eigenvalue weighted by Crippen LogP contribution is -2.33. The first kappa shape index (κ1) is 17.0. The molecule has 19 heavy (non-hydrogen) atoms. The van der Waals surface area contributed by atoms with E-state index in [2.05, 4.69) is 51.0 Å². The number of halogens is 3. The van der Waals surface area contributed by atoms with Crippen LogP contribution >= 0.6 is 43.5 Å². The minimum Gasteiger partial charge on any atom is -0.351 e. The standard InChI is InChI=1S/C14H18Br2ClNO/c1-3-9(4-2)13(17)8-18-14(19)10-5-11(15)7-12(16)6-10/h5-7,9,13H,3-4,8H2,1-2H3,(H,18,19). The number of nitrogens with one attached hydrogen (secondary N) is 1. The number of benzene rings is 1. The Balaban J connectivity index is 2.60. The van der Waals surface area contributed by atoms with Gasteiger partial charge in [-0.05, 0) is 24.1 Å². The Kier molecular flexibility index (Phi) is 7.40. The predicted octanol–water partition coefficient (Wildman–Crippen LogP) is 4.99. The molecule has 0 saturated heterocycles. The number of carbonyl (C=O) groups is 1. The third-order valence-corrected chi connectivity index (χ3v) is 4.57. The second-order valence-corrected chi connectivity index (χ2v) is 6.85. The van der Waals surface area contributed by atoms with Crippen molar-refractivity contribution >= 4 is 49.4 Å². The first-order chi connectivity index (χ1) is 8.97. The number of alkyl halides is 1. The second kappa shape index (κ2) is 8.28. The third-order valence-electron chi connectivity index (χ3n) is 3.14. The van der Waals surface area contributed by atoms with E-state index in [1.54, 1.807) is 12.1 Å². The molecule has 0 radical (unpaired) electrons. The van der Waals surface area contributed by atoms with Crippen molar-refractivity contribution in [3.8, 4) is 0 Å². The van der Waals surface area contributed by atoms with Crippen molar-refractivity contribution in [2.24, 2.45) is 5.92 Å². The highest BCUT2D eigenvalue weighted by molar-refractivity contribution is 9.11. The number of hydrogen-bond donors (Lipinski definition) is 1. The van der Waals surface area contributed by atoms with Gasteiger partial charge in [-0.1, -0.05) is 58.5 Å². The molecule has 5 heteroatoms. The molecular weight excluding hydrogens is 393 g/mol. The lowest BCUT2D eigenvalue weighted by Gasteiger charge is -2.19. The van der Waals surface area contributed by atoms with Crippen molar-refractivity contribution in [1.29, 1.82) is 0 Å². The maximum absolute atomic E-state index is 12.0. The van der Waals surface area contributed by atoms with Crippen LogP contribution in [0.3, 0.4) is 0 Å². The highest BCUT2D eigenvalue weighted by Crippen LogP contribution is 2.21. The van der Waals surface area contributed by atoms with Crippen LogP contribution in [0.1, 0.15) is 37.0 Å². The molecule has 106 valence electrons. The Morgan fingerprint density at radius 1 is 1.21 bits per heavy atom. The lowest BCUT2D eigenvalue weighted by atomic mass is 9.99. The molecule has 2 nitrogen and oxygen atoms in total. The minimum atomic E-state index is -0.0985. The van der Waals surface area contributed by atoms with E-state index in [-0.39, 0.29) is 11.3 Å². The molecule has 1 aromatic rings. The molecule has 1 amide bonds. The molecule has 1 N–H and O–H groups in total. The van der Waals surface area contributed by atoms with Crippen molar-refractivity contribution in [3.05, 3.63) is 32.7 Å². The smallest absolute Gasteiger partial charge is 0.251 e. The predicted molar refractivity (Wildman–Crippen MR) is 87.9 cm³/mol. The Morgan fingerprint density at radius 3 is 2.21 bits per heavy atom. The summed E-state index contributed by atoms with van der Waals surface area (Å²) in [5.74, 6) is 0.342. The summed E-state index contributed by atoms with van der Waals surface area (Å²) >= 11 is 13.0. The molecule has 0 fully saturated rings. The lowest BCUT2D eigenvalue weighted by molar-refractivity contribution is 0.0951. The molecule has 1 aromatic carbocycles. The molecule has 0 aliphatic rings. The van der Waals surface area contributed by atoms with Crippen LogP contribution in [0.15, 0.2) is 27.1 Å². The summed E-state index contributed by atoms with van der Waals surface area (Å²) in [5, 5.41) is 2.87. The molecule has 0 aliphatic heterocycles. The van der Waals surface area contributed by atoms with Crippen molar-refractivity contribution in [3.63, 3.8) is 0 Å². The van der Waals surface area contributed by atoms with E-state index in [9.17, 15) is 4.79 Å². The van der Waals surface area contributed by atoms with Gasteiger partial charge in [0.2, 0.25) is 0 Å². The zero-order valence-electron chi connectivity index (χ0n) is 11.1. The number of rotatable bonds is 6. The van der Waals surface area contributed by atoms with Crippen molar-refractivity contribution in [1.82, 2.24) is 5.32 Å². The Labute approximate surface area is 136 Å². The van der Waals surface area contributed by atoms with Gasteiger partial charge in [0.1, 0.15) is 0 Å². The van der Waals surface area contributed by atoms with Gasteiger partial charge in [-0.2, -0.15) is 0 Å². The Bertz CT molecular complexity index is 415. The molecule has 0 bridgehead atoms. The Morgan fingerprint density at radius 2 is 1.74 bits per heavy atom. The van der Waals surface area contributed by atoms with Crippen LogP contribution < -0.4 is 5.32 Å². The zero-order valence-corrected chi connectivity index (χ0v) is 15.0. The van der Waals surface area contributed by atoms with Gasteiger partial charge < -0.3 is 5.32 Å². The second-order valence-electron chi connectivity index (χ2n) is 4.46. The van der Waals surface area contributed by atoms with Gasteiger partial charge >= 0.3 is 0 Å². The summed E-state index contributed by atoms with van der Waals surface area (Å²) in [6.45, 7) is 4.74. The van der Waals surface area contributed by atoms with Gasteiger partial charge in [0, 0.05) is 21.1 Å².